The summed E-state index contributed by atoms with van der Waals surface area (Å²) < 4.78 is 74.9. The second-order valence-corrected chi connectivity index (χ2v) is 3.40. The van der Waals surface area contributed by atoms with E-state index in [-0.39, 0.29) is 12.1 Å². The van der Waals surface area contributed by atoms with Gasteiger partial charge in [0, 0.05) is 5.56 Å². The third-order valence-electron chi connectivity index (χ3n) is 2.16. The Bertz CT molecular complexity index is 529. The van der Waals surface area contributed by atoms with Crippen LogP contribution in [0.2, 0.25) is 0 Å². The van der Waals surface area contributed by atoms with Gasteiger partial charge in [0.05, 0.1) is 16.7 Å². The second-order valence-electron chi connectivity index (χ2n) is 3.40. The molecule has 0 aromatic heterocycles. The van der Waals surface area contributed by atoms with Crippen molar-refractivity contribution in [1.82, 2.24) is 0 Å². The van der Waals surface area contributed by atoms with Gasteiger partial charge in [-0.1, -0.05) is 0 Å². The van der Waals surface area contributed by atoms with Crippen LogP contribution in [0.15, 0.2) is 12.1 Å². The minimum atomic E-state index is -5.18. The lowest BCUT2D eigenvalue weighted by Gasteiger charge is -2.15. The maximum atomic E-state index is 12.5. The molecular weight excluding hydrogens is 282 g/mol. The van der Waals surface area contributed by atoms with Gasteiger partial charge in [-0.25, -0.2) is 4.79 Å². The number of alkyl halides is 6. The van der Waals surface area contributed by atoms with E-state index in [1.54, 1.807) is 0 Å². The maximum Gasteiger partial charge on any atom is 0.417 e. The van der Waals surface area contributed by atoms with Crippen LogP contribution < -0.4 is 0 Å². The summed E-state index contributed by atoms with van der Waals surface area (Å²) >= 11 is 0. The number of carboxylic acid groups (broad SMARTS) is 1. The van der Waals surface area contributed by atoms with E-state index in [0.717, 1.165) is 0 Å². The van der Waals surface area contributed by atoms with E-state index >= 15 is 0 Å². The molecule has 0 aliphatic heterocycles. The Morgan fingerprint density at radius 1 is 1.00 bits per heavy atom. The zero-order chi connectivity index (χ0) is 15.0. The van der Waals surface area contributed by atoms with Crippen LogP contribution in [-0.4, -0.2) is 17.4 Å². The number of hydrogen-bond acceptors (Lipinski definition) is 2. The molecule has 0 radical (unpaired) electrons. The molecule has 0 atom stereocenters. The largest absolute Gasteiger partial charge is 0.478 e. The van der Waals surface area contributed by atoms with Crippen molar-refractivity contribution < 1.29 is 41.0 Å². The Kier molecular flexibility index (Phi) is 3.60. The van der Waals surface area contributed by atoms with Gasteiger partial charge >= 0.3 is 18.3 Å². The summed E-state index contributed by atoms with van der Waals surface area (Å²) in [5.74, 6) is -2.17. The molecule has 0 amide bonds. The number of rotatable bonds is 2. The molecule has 0 saturated heterocycles. The first-order valence-corrected chi connectivity index (χ1v) is 4.49. The third-order valence-corrected chi connectivity index (χ3v) is 2.16. The summed E-state index contributed by atoms with van der Waals surface area (Å²) in [5, 5.41) is 8.53. The lowest BCUT2D eigenvalue weighted by Crippen LogP contribution is -2.18. The van der Waals surface area contributed by atoms with E-state index in [1.165, 1.54) is 0 Å². The third kappa shape index (κ3) is 3.04. The summed E-state index contributed by atoms with van der Waals surface area (Å²) in [5.41, 5.74) is -6.38. The molecule has 1 rings (SSSR count). The fourth-order valence-corrected chi connectivity index (χ4v) is 1.37. The quantitative estimate of drug-likeness (QED) is 0.670. The minimum absolute atomic E-state index is 0.126. The van der Waals surface area contributed by atoms with Crippen molar-refractivity contribution in [2.24, 2.45) is 0 Å². The number of carbonyl (C=O) groups is 2. The molecule has 3 nitrogen and oxygen atoms in total. The topological polar surface area (TPSA) is 54.4 Å². The Morgan fingerprint density at radius 2 is 1.47 bits per heavy atom. The Balaban J connectivity index is 3.71. The molecule has 19 heavy (non-hydrogen) atoms. The van der Waals surface area contributed by atoms with E-state index < -0.39 is 46.9 Å². The number of aldehydes is 1. The highest BCUT2D eigenvalue weighted by Crippen LogP contribution is 2.38. The highest BCUT2D eigenvalue weighted by Gasteiger charge is 2.40. The summed E-state index contributed by atoms with van der Waals surface area (Å²) in [7, 11) is 0. The lowest BCUT2D eigenvalue weighted by atomic mass is 9.98. The molecule has 0 fully saturated rings. The van der Waals surface area contributed by atoms with Crippen molar-refractivity contribution in [2.45, 2.75) is 12.4 Å². The monoisotopic (exact) mass is 286 g/mol. The van der Waals surface area contributed by atoms with E-state index in [1.807, 2.05) is 0 Å². The van der Waals surface area contributed by atoms with Crippen LogP contribution in [0.25, 0.3) is 0 Å². The van der Waals surface area contributed by atoms with E-state index in [9.17, 15) is 35.9 Å². The summed E-state index contributed by atoms with van der Waals surface area (Å²) in [4.78, 5) is 21.0. The lowest BCUT2D eigenvalue weighted by molar-refractivity contribution is -0.141. The molecule has 1 aromatic carbocycles. The van der Waals surface area contributed by atoms with Crippen molar-refractivity contribution in [1.29, 1.82) is 0 Å². The van der Waals surface area contributed by atoms with Crippen LogP contribution in [0, 0.1) is 0 Å². The average molecular weight is 286 g/mol. The van der Waals surface area contributed by atoms with Gasteiger partial charge in [-0.05, 0) is 12.1 Å². The number of benzene rings is 1. The van der Waals surface area contributed by atoms with E-state index in [4.69, 9.17) is 5.11 Å². The van der Waals surface area contributed by atoms with E-state index in [0.29, 0.717) is 0 Å². The van der Waals surface area contributed by atoms with Crippen LogP contribution in [0.3, 0.4) is 0 Å². The van der Waals surface area contributed by atoms with Crippen molar-refractivity contribution in [3.63, 3.8) is 0 Å². The number of hydrogen-bond donors (Lipinski definition) is 1. The highest BCUT2D eigenvalue weighted by atomic mass is 19.4. The van der Waals surface area contributed by atoms with Crippen molar-refractivity contribution in [2.75, 3.05) is 0 Å². The summed E-state index contributed by atoms with van der Waals surface area (Å²) in [6, 6.07) is -0.325. The normalized spacial score (nSPS) is 12.3. The van der Waals surface area contributed by atoms with Gasteiger partial charge < -0.3 is 5.11 Å². The van der Waals surface area contributed by atoms with Crippen molar-refractivity contribution in [3.05, 3.63) is 34.4 Å². The molecule has 0 heterocycles. The SMILES string of the molecule is O=Cc1cc(C(F)(F)F)c(C(=O)O)cc1C(F)(F)F. The molecule has 9 heteroatoms. The summed E-state index contributed by atoms with van der Waals surface area (Å²) in [6.07, 6.45) is -10.7. The van der Waals surface area contributed by atoms with Crippen molar-refractivity contribution >= 4 is 12.3 Å². The number of carboxylic acids is 1. The van der Waals surface area contributed by atoms with Gasteiger partial charge in [-0.2, -0.15) is 26.3 Å². The Morgan fingerprint density at radius 3 is 1.79 bits per heavy atom. The first kappa shape index (κ1) is 15.0. The Labute approximate surface area is 101 Å². The Hall–Kier alpha value is -2.06. The van der Waals surface area contributed by atoms with Crippen LogP contribution in [0.4, 0.5) is 26.3 Å². The molecule has 1 N–H and O–H groups in total. The van der Waals surface area contributed by atoms with Crippen LogP contribution in [0.5, 0.6) is 0 Å². The highest BCUT2D eigenvalue weighted by molar-refractivity contribution is 5.92. The zero-order valence-corrected chi connectivity index (χ0v) is 8.76. The molecule has 104 valence electrons. The second kappa shape index (κ2) is 4.56. The smallest absolute Gasteiger partial charge is 0.417 e. The standard InChI is InChI=1S/C10H4F6O3/c11-9(12,13)6-2-5(8(18)19)7(10(14,15)16)1-4(6)3-17/h1-3H,(H,18,19). The molecule has 0 unspecified atom stereocenters. The van der Waals surface area contributed by atoms with Crippen LogP contribution in [-0.2, 0) is 12.4 Å². The molecule has 0 aliphatic carbocycles. The average Bonchev–Trinajstić information content (AvgIpc) is 2.24. The van der Waals surface area contributed by atoms with Crippen molar-refractivity contribution in [3.8, 4) is 0 Å². The molecule has 0 aliphatic rings. The molecule has 0 spiro atoms. The van der Waals surface area contributed by atoms with Crippen LogP contribution >= 0.6 is 0 Å². The van der Waals surface area contributed by atoms with Gasteiger partial charge in [0.25, 0.3) is 0 Å². The predicted octanol–water partition coefficient (Wildman–Crippen LogP) is 3.23. The van der Waals surface area contributed by atoms with E-state index in [2.05, 4.69) is 0 Å². The first-order chi connectivity index (χ1) is 8.48. The molecule has 1 aromatic rings. The van der Waals surface area contributed by atoms with Gasteiger partial charge in [-0.15, -0.1) is 0 Å². The molecule has 0 bridgehead atoms. The van der Waals surface area contributed by atoms with Gasteiger partial charge in [0.2, 0.25) is 0 Å². The minimum Gasteiger partial charge on any atom is -0.478 e. The fourth-order valence-electron chi connectivity index (χ4n) is 1.37. The number of carbonyl (C=O) groups excluding carboxylic acids is 1. The maximum absolute atomic E-state index is 12.5. The van der Waals surface area contributed by atoms with Gasteiger partial charge in [-0.3, -0.25) is 4.79 Å². The predicted molar refractivity (Wildman–Crippen MR) is 48.8 cm³/mol. The van der Waals surface area contributed by atoms with Gasteiger partial charge in [0.15, 0.2) is 6.29 Å². The number of aromatic carboxylic acids is 1. The van der Waals surface area contributed by atoms with Crippen LogP contribution in [0.1, 0.15) is 31.8 Å². The summed E-state index contributed by atoms with van der Waals surface area (Å²) in [6.45, 7) is 0. The number of halogens is 6. The van der Waals surface area contributed by atoms with Gasteiger partial charge in [0.1, 0.15) is 0 Å². The molecule has 0 saturated carbocycles. The zero-order valence-electron chi connectivity index (χ0n) is 8.76. The first-order valence-electron chi connectivity index (χ1n) is 4.49. The molecular formula is C10H4F6O3. The fraction of sp³-hybridized carbons (Fsp3) is 0.200.